The molecule has 0 bridgehead atoms. The van der Waals surface area contributed by atoms with Crippen molar-refractivity contribution >= 4 is 66.0 Å². The van der Waals surface area contributed by atoms with Crippen molar-refractivity contribution in [2.24, 2.45) is 11.8 Å². The second-order valence-electron chi connectivity index (χ2n) is 14.8. The Morgan fingerprint density at radius 3 is 2.02 bits per heavy atom. The van der Waals surface area contributed by atoms with Gasteiger partial charge in [0.05, 0.1) is 12.7 Å². The molecule has 1 saturated heterocycles. The molecule has 1 saturated carbocycles. The zero-order valence-electron chi connectivity index (χ0n) is 32.7. The molecule has 20 heteroatoms. The number of aliphatic carboxylic acids is 3. The lowest BCUT2D eigenvalue weighted by Crippen LogP contribution is -2.62. The van der Waals surface area contributed by atoms with Gasteiger partial charge in [0.1, 0.15) is 30.2 Å². The highest BCUT2D eigenvalue weighted by atomic mass is 32.1. The van der Waals surface area contributed by atoms with E-state index >= 15 is 0 Å². The fourth-order valence-corrected chi connectivity index (χ4v) is 7.19. The van der Waals surface area contributed by atoms with Gasteiger partial charge in [0.15, 0.2) is 0 Å². The summed E-state index contributed by atoms with van der Waals surface area (Å²) in [5.41, 5.74) is 0.844. The molecule has 0 radical (unpaired) electrons. The molecule has 58 heavy (non-hydrogen) atoms. The van der Waals surface area contributed by atoms with Crippen molar-refractivity contribution in [1.29, 1.82) is 0 Å². The molecule has 1 aromatic rings. The van der Waals surface area contributed by atoms with E-state index < -0.39 is 120 Å². The molecule has 1 aromatic carbocycles. The van der Waals surface area contributed by atoms with Gasteiger partial charge in [0.25, 0.3) is 5.91 Å². The van der Waals surface area contributed by atoms with E-state index in [1.165, 1.54) is 4.90 Å². The fraction of sp³-hybridized carbons (Fsp3) is 0.605. The first-order valence-electron chi connectivity index (χ1n) is 19.2. The number of amides is 6. The molecule has 1 unspecified atom stereocenters. The number of nitrogens with zero attached hydrogens (tertiary/aromatic N) is 1. The molecule has 6 amide bonds. The smallest absolute Gasteiger partial charge is 0.336 e. The van der Waals surface area contributed by atoms with Crippen LogP contribution in [0.15, 0.2) is 30.3 Å². The molecule has 2 fully saturated rings. The average Bonchev–Trinajstić information content (AvgIpc) is 3.62. The van der Waals surface area contributed by atoms with Gasteiger partial charge in [0.2, 0.25) is 35.6 Å². The van der Waals surface area contributed by atoms with Crippen LogP contribution in [0.5, 0.6) is 0 Å². The summed E-state index contributed by atoms with van der Waals surface area (Å²) < 4.78 is 6.08. The first kappa shape index (κ1) is 47.1. The first-order chi connectivity index (χ1) is 27.4. The minimum Gasteiger partial charge on any atom is -0.481 e. The zero-order chi connectivity index (χ0) is 43.1. The van der Waals surface area contributed by atoms with Gasteiger partial charge in [-0.1, -0.05) is 63.4 Å². The van der Waals surface area contributed by atoms with Crippen molar-refractivity contribution in [3.8, 4) is 0 Å². The van der Waals surface area contributed by atoms with E-state index in [1.807, 2.05) is 35.6 Å². The summed E-state index contributed by atoms with van der Waals surface area (Å²) in [6.07, 6.45) is 1.56. The molecule has 7 atom stereocenters. The van der Waals surface area contributed by atoms with Gasteiger partial charge in [-0.25, -0.2) is 9.59 Å². The van der Waals surface area contributed by atoms with E-state index in [0.717, 1.165) is 18.9 Å². The number of carbonyl (C=O) groups excluding carboxylic acids is 6. The first-order valence-corrected chi connectivity index (χ1v) is 19.8. The highest BCUT2D eigenvalue weighted by Gasteiger charge is 2.45. The predicted molar refractivity (Wildman–Crippen MR) is 208 cm³/mol. The molecule has 320 valence electrons. The topological polar surface area (TPSA) is 287 Å². The summed E-state index contributed by atoms with van der Waals surface area (Å²) in [5, 5.41) is 40.3. The summed E-state index contributed by atoms with van der Waals surface area (Å²) in [6, 6.07) is 0.400. The van der Waals surface area contributed by atoms with Crippen molar-refractivity contribution < 1.29 is 63.2 Å². The second-order valence-corrected chi connectivity index (χ2v) is 15.2. The number of carbonyl (C=O) groups is 9. The maximum Gasteiger partial charge on any atom is 0.336 e. The lowest BCUT2D eigenvalue weighted by molar-refractivity contribution is -0.147. The highest BCUT2D eigenvalue weighted by molar-refractivity contribution is 7.80. The second kappa shape index (κ2) is 22.6. The van der Waals surface area contributed by atoms with E-state index in [0.29, 0.717) is 25.7 Å². The highest BCUT2D eigenvalue weighted by Crippen LogP contribution is 2.28. The maximum atomic E-state index is 14.4. The lowest BCUT2D eigenvalue weighted by Gasteiger charge is -2.34. The molecule has 0 aromatic heterocycles. The molecule has 8 N–H and O–H groups in total. The van der Waals surface area contributed by atoms with Gasteiger partial charge in [-0.15, -0.1) is 0 Å². The van der Waals surface area contributed by atoms with Gasteiger partial charge >= 0.3 is 17.9 Å². The summed E-state index contributed by atoms with van der Waals surface area (Å²) in [6.45, 7) is 4.42. The van der Waals surface area contributed by atoms with E-state index in [4.69, 9.17) is 4.74 Å². The van der Waals surface area contributed by atoms with Crippen LogP contribution < -0.4 is 26.6 Å². The molecule has 0 spiro atoms. The number of hydrogen-bond acceptors (Lipinski definition) is 11. The predicted octanol–water partition coefficient (Wildman–Crippen LogP) is -0.183. The third kappa shape index (κ3) is 14.0. The quantitative estimate of drug-likeness (QED) is 0.0575. The maximum absolute atomic E-state index is 14.4. The van der Waals surface area contributed by atoms with Crippen LogP contribution in [0.1, 0.15) is 77.7 Å². The minimum absolute atomic E-state index is 0.0248. The molecular weight excluding hydrogens is 781 g/mol. The average molecular weight is 835 g/mol. The number of carboxylic acids is 3. The van der Waals surface area contributed by atoms with E-state index in [1.54, 1.807) is 13.8 Å². The van der Waals surface area contributed by atoms with Gasteiger partial charge in [-0.05, 0) is 36.7 Å². The van der Waals surface area contributed by atoms with Crippen LogP contribution in [0.25, 0.3) is 0 Å². The van der Waals surface area contributed by atoms with Crippen LogP contribution in [0.3, 0.4) is 0 Å². The summed E-state index contributed by atoms with van der Waals surface area (Å²) in [7, 11) is 0. The van der Waals surface area contributed by atoms with Crippen LogP contribution >= 0.6 is 12.6 Å². The number of nitrogens with one attached hydrogen (secondary N) is 5. The SMILES string of the molecule is CC(=O)N[C@@H](C(=O)O)C(=O)N[C@@H](CCC(=O)O)C(=O)N[C@H](C(=O)N[C@H](C(=O)N1C[C@H](OCc2ccccc2)C[C@H]1C(=O)NC(CS)C(=O)O)C(C)C)C1CCCCC1. The molecule has 3 rings (SSSR count). The van der Waals surface area contributed by atoms with Gasteiger partial charge in [0, 0.05) is 32.1 Å². The molecule has 2 aliphatic rings. The van der Waals surface area contributed by atoms with Gasteiger partial charge in [-0.2, -0.15) is 12.6 Å². The normalized spacial score (nSPS) is 19.4. The number of carboxylic acid groups (broad SMARTS) is 3. The van der Waals surface area contributed by atoms with E-state index in [2.05, 4.69) is 33.9 Å². The Balaban J connectivity index is 1.90. The summed E-state index contributed by atoms with van der Waals surface area (Å²) in [5.74, 6) is -10.9. The molecule has 1 heterocycles. The van der Waals surface area contributed by atoms with Crippen LogP contribution in [0, 0.1) is 11.8 Å². The number of benzene rings is 1. The Labute approximate surface area is 341 Å². The van der Waals surface area contributed by atoms with Crippen LogP contribution in [0.2, 0.25) is 0 Å². The molecule has 1 aliphatic heterocycles. The fourth-order valence-electron chi connectivity index (χ4n) is 6.94. The lowest BCUT2D eigenvalue weighted by atomic mass is 9.83. The van der Waals surface area contributed by atoms with Crippen molar-refractivity contribution in [1.82, 2.24) is 31.5 Å². The Hall–Kier alpha value is -5.24. The Kier molecular flexibility index (Phi) is 18.4. The molecule has 1 aliphatic carbocycles. The van der Waals surface area contributed by atoms with Crippen molar-refractivity contribution in [3.63, 3.8) is 0 Å². The van der Waals surface area contributed by atoms with Crippen molar-refractivity contribution in [3.05, 3.63) is 35.9 Å². The number of ether oxygens (including phenoxy) is 1. The van der Waals surface area contributed by atoms with E-state index in [9.17, 15) is 58.5 Å². The monoisotopic (exact) mass is 834 g/mol. The summed E-state index contributed by atoms with van der Waals surface area (Å²) >= 11 is 4.02. The minimum atomic E-state index is -2.10. The third-order valence-electron chi connectivity index (χ3n) is 10.0. The number of likely N-dealkylation sites (tertiary alicyclic amines) is 1. The van der Waals surface area contributed by atoms with Crippen LogP contribution in [0.4, 0.5) is 0 Å². The van der Waals surface area contributed by atoms with Crippen LogP contribution in [-0.2, 0) is 54.5 Å². The van der Waals surface area contributed by atoms with Crippen molar-refractivity contribution in [2.75, 3.05) is 12.3 Å². The Morgan fingerprint density at radius 2 is 1.47 bits per heavy atom. The molecular formula is C38H54N6O13S. The van der Waals surface area contributed by atoms with Crippen LogP contribution in [-0.4, -0.2) is 128 Å². The zero-order valence-corrected chi connectivity index (χ0v) is 33.6. The standard InChI is InChI=1S/C38H54N6O13S/c1-20(2)29(36(52)44-17-24(57-18-22-10-6-4-7-11-22)16-27(44)33(49)41-26(19-58)37(53)54)42-34(50)30(23-12-8-5-9-13-23)43-32(48)25(14-15-28(46)47)40-35(51)31(38(55)56)39-21(3)45/h4,6-7,10-11,20,23-27,29-31,58H,5,8-9,12-19H2,1-3H3,(H,39,45)(H,40,51)(H,41,49)(H,42,50)(H,43,48)(H,46,47)(H,53,54)(H,55,56)/t24-,25+,26?,27+,29+,30+,31-/m1/s1. The van der Waals surface area contributed by atoms with Gasteiger partial charge in [-0.3, -0.25) is 33.6 Å². The Bertz CT molecular complexity index is 1660. The van der Waals surface area contributed by atoms with Crippen molar-refractivity contribution in [2.45, 2.75) is 121 Å². The van der Waals surface area contributed by atoms with E-state index in [-0.39, 0.29) is 25.3 Å². The number of hydrogen-bond donors (Lipinski definition) is 9. The summed E-state index contributed by atoms with van der Waals surface area (Å²) in [4.78, 5) is 117. The Morgan fingerprint density at radius 1 is 0.810 bits per heavy atom. The number of thiol groups is 1. The third-order valence-corrected chi connectivity index (χ3v) is 10.4. The van der Waals surface area contributed by atoms with Gasteiger partial charge < -0.3 is 51.5 Å². The molecule has 19 nitrogen and oxygen atoms in total. The largest absolute Gasteiger partial charge is 0.481 e. The number of rotatable bonds is 21.